The molecular formula is C21H22N2O2S. The van der Waals surface area contributed by atoms with Crippen LogP contribution in [0.15, 0.2) is 53.9 Å². The van der Waals surface area contributed by atoms with Gasteiger partial charge in [0.05, 0.1) is 19.2 Å². The number of hydrogen-bond acceptors (Lipinski definition) is 4. The number of carbonyl (C=O) groups is 1. The van der Waals surface area contributed by atoms with Crippen LogP contribution in [0.4, 0.5) is 5.69 Å². The number of thiazole rings is 1. The van der Waals surface area contributed by atoms with Gasteiger partial charge in [-0.3, -0.25) is 4.79 Å². The Morgan fingerprint density at radius 2 is 1.81 bits per heavy atom. The maximum Gasteiger partial charge on any atom is 0.230 e. The number of benzene rings is 2. The summed E-state index contributed by atoms with van der Waals surface area (Å²) in [6, 6.07) is 15.7. The minimum absolute atomic E-state index is 0.0813. The molecule has 0 radical (unpaired) electrons. The van der Waals surface area contributed by atoms with Gasteiger partial charge in [-0.25, -0.2) is 4.98 Å². The van der Waals surface area contributed by atoms with Crippen molar-refractivity contribution in [3.63, 3.8) is 0 Å². The maximum absolute atomic E-state index is 12.2. The molecule has 0 aliphatic carbocycles. The van der Waals surface area contributed by atoms with Crippen molar-refractivity contribution < 1.29 is 9.53 Å². The predicted octanol–water partition coefficient (Wildman–Crippen LogP) is 5.12. The second kappa shape index (κ2) is 8.15. The number of ether oxygens (including phenoxy) is 1. The van der Waals surface area contributed by atoms with E-state index >= 15 is 0 Å². The molecule has 1 amide bonds. The Morgan fingerprint density at radius 1 is 1.12 bits per heavy atom. The first-order valence-electron chi connectivity index (χ1n) is 8.54. The number of aromatic nitrogens is 1. The van der Waals surface area contributed by atoms with Crippen molar-refractivity contribution in [1.29, 1.82) is 0 Å². The van der Waals surface area contributed by atoms with Crippen LogP contribution in [-0.2, 0) is 11.2 Å². The molecule has 0 saturated carbocycles. The number of rotatable bonds is 6. The molecule has 0 bridgehead atoms. The highest BCUT2D eigenvalue weighted by atomic mass is 32.1. The van der Waals surface area contributed by atoms with Crippen LogP contribution in [0.5, 0.6) is 5.75 Å². The van der Waals surface area contributed by atoms with Gasteiger partial charge < -0.3 is 10.1 Å². The molecule has 0 spiro atoms. The number of amides is 1. The van der Waals surface area contributed by atoms with E-state index in [9.17, 15) is 4.79 Å². The minimum atomic E-state index is -0.0813. The van der Waals surface area contributed by atoms with Crippen LogP contribution in [0.3, 0.4) is 0 Å². The van der Waals surface area contributed by atoms with Crippen molar-refractivity contribution in [2.75, 3.05) is 12.4 Å². The normalized spacial score (nSPS) is 10.8. The van der Waals surface area contributed by atoms with Gasteiger partial charge in [-0.05, 0) is 35.7 Å². The summed E-state index contributed by atoms with van der Waals surface area (Å²) in [6.07, 6.45) is 0.257. The standard InChI is InChI=1S/C21H22N2O2S/c1-14(2)15-4-6-16(7-5-15)21-23-18(13-26-21)12-20(24)22-17-8-10-19(25-3)11-9-17/h4-11,13-14H,12H2,1-3H3,(H,22,24). The van der Waals surface area contributed by atoms with Crippen molar-refractivity contribution in [1.82, 2.24) is 4.98 Å². The molecule has 0 saturated heterocycles. The summed E-state index contributed by atoms with van der Waals surface area (Å²) in [4.78, 5) is 16.8. The molecule has 0 atom stereocenters. The van der Waals surface area contributed by atoms with Crippen LogP contribution in [0, 0.1) is 0 Å². The molecule has 0 aliphatic heterocycles. The molecule has 0 fully saturated rings. The lowest BCUT2D eigenvalue weighted by atomic mass is 10.0. The highest BCUT2D eigenvalue weighted by Crippen LogP contribution is 2.26. The van der Waals surface area contributed by atoms with Gasteiger partial charge in [-0.1, -0.05) is 38.1 Å². The van der Waals surface area contributed by atoms with Gasteiger partial charge in [0.1, 0.15) is 10.8 Å². The van der Waals surface area contributed by atoms with Gasteiger partial charge in [0.15, 0.2) is 0 Å². The lowest BCUT2D eigenvalue weighted by Crippen LogP contribution is -2.14. The van der Waals surface area contributed by atoms with Crippen LogP contribution in [0.1, 0.15) is 31.0 Å². The second-order valence-corrected chi connectivity index (χ2v) is 7.23. The fraction of sp³-hybridized carbons (Fsp3) is 0.238. The Morgan fingerprint density at radius 3 is 2.42 bits per heavy atom. The minimum Gasteiger partial charge on any atom is -0.497 e. The van der Waals surface area contributed by atoms with Crippen LogP contribution in [0.25, 0.3) is 10.6 Å². The molecule has 3 aromatic rings. The molecule has 134 valence electrons. The molecule has 1 heterocycles. The van der Waals surface area contributed by atoms with Crippen molar-refractivity contribution in [3.8, 4) is 16.3 Å². The summed E-state index contributed by atoms with van der Waals surface area (Å²) in [6.45, 7) is 4.36. The van der Waals surface area contributed by atoms with Crippen molar-refractivity contribution in [3.05, 3.63) is 65.2 Å². The van der Waals surface area contributed by atoms with Crippen LogP contribution < -0.4 is 10.1 Å². The van der Waals surface area contributed by atoms with E-state index in [4.69, 9.17) is 4.74 Å². The smallest absolute Gasteiger partial charge is 0.230 e. The van der Waals surface area contributed by atoms with E-state index in [1.54, 1.807) is 18.4 Å². The Bertz CT molecular complexity index is 868. The Balaban J connectivity index is 1.62. The summed E-state index contributed by atoms with van der Waals surface area (Å²) in [5.74, 6) is 1.19. The largest absolute Gasteiger partial charge is 0.497 e. The molecule has 0 aliphatic rings. The first-order chi connectivity index (χ1) is 12.5. The number of anilines is 1. The van der Waals surface area contributed by atoms with E-state index in [1.165, 1.54) is 5.56 Å². The van der Waals surface area contributed by atoms with Gasteiger partial charge in [0.2, 0.25) is 5.91 Å². The van der Waals surface area contributed by atoms with Gasteiger partial charge >= 0.3 is 0 Å². The van der Waals surface area contributed by atoms with Crippen molar-refractivity contribution in [2.45, 2.75) is 26.2 Å². The average Bonchev–Trinajstić information content (AvgIpc) is 3.10. The summed E-state index contributed by atoms with van der Waals surface area (Å²) < 4.78 is 5.11. The summed E-state index contributed by atoms with van der Waals surface area (Å²) in [5, 5.41) is 5.76. The number of hydrogen-bond donors (Lipinski definition) is 1. The molecule has 1 aromatic heterocycles. The van der Waals surface area contributed by atoms with E-state index in [0.29, 0.717) is 5.92 Å². The second-order valence-electron chi connectivity index (χ2n) is 6.37. The maximum atomic E-state index is 12.2. The number of nitrogens with one attached hydrogen (secondary N) is 1. The van der Waals surface area contributed by atoms with Crippen LogP contribution in [-0.4, -0.2) is 18.0 Å². The fourth-order valence-electron chi connectivity index (χ4n) is 2.58. The summed E-state index contributed by atoms with van der Waals surface area (Å²) >= 11 is 1.56. The van der Waals surface area contributed by atoms with Crippen LogP contribution >= 0.6 is 11.3 Å². The lowest BCUT2D eigenvalue weighted by molar-refractivity contribution is -0.115. The summed E-state index contributed by atoms with van der Waals surface area (Å²) in [7, 11) is 1.61. The molecule has 0 unspecified atom stereocenters. The number of nitrogens with zero attached hydrogens (tertiary/aromatic N) is 1. The zero-order valence-electron chi connectivity index (χ0n) is 15.2. The molecule has 2 aromatic carbocycles. The molecule has 5 heteroatoms. The summed E-state index contributed by atoms with van der Waals surface area (Å²) in [5.41, 5.74) is 3.92. The number of carbonyl (C=O) groups excluding carboxylic acids is 1. The monoisotopic (exact) mass is 366 g/mol. The Kier molecular flexibility index (Phi) is 5.68. The zero-order chi connectivity index (χ0) is 18.5. The topological polar surface area (TPSA) is 51.2 Å². The molecular weight excluding hydrogens is 344 g/mol. The average molecular weight is 366 g/mol. The highest BCUT2D eigenvalue weighted by molar-refractivity contribution is 7.13. The molecule has 26 heavy (non-hydrogen) atoms. The third kappa shape index (κ3) is 4.49. The first kappa shape index (κ1) is 18.1. The molecule has 4 nitrogen and oxygen atoms in total. The predicted molar refractivity (Wildman–Crippen MR) is 107 cm³/mol. The van der Waals surface area contributed by atoms with Gasteiger partial charge in [-0.2, -0.15) is 0 Å². The van der Waals surface area contributed by atoms with E-state index in [0.717, 1.165) is 27.7 Å². The lowest BCUT2D eigenvalue weighted by Gasteiger charge is -2.06. The van der Waals surface area contributed by atoms with Gasteiger partial charge in [0, 0.05) is 16.6 Å². The van der Waals surface area contributed by atoms with Crippen molar-refractivity contribution in [2.24, 2.45) is 0 Å². The van der Waals surface area contributed by atoms with E-state index in [2.05, 4.69) is 48.4 Å². The quantitative estimate of drug-likeness (QED) is 0.658. The SMILES string of the molecule is COc1ccc(NC(=O)Cc2csc(-c3ccc(C(C)C)cc3)n2)cc1. The zero-order valence-corrected chi connectivity index (χ0v) is 16.0. The third-order valence-electron chi connectivity index (χ3n) is 4.09. The Hall–Kier alpha value is -2.66. The van der Waals surface area contributed by atoms with Crippen LogP contribution in [0.2, 0.25) is 0 Å². The molecule has 1 N–H and O–H groups in total. The fourth-order valence-corrected chi connectivity index (χ4v) is 3.40. The Labute approximate surface area is 157 Å². The van der Waals surface area contributed by atoms with Crippen molar-refractivity contribution >= 4 is 22.9 Å². The van der Waals surface area contributed by atoms with E-state index in [-0.39, 0.29) is 12.3 Å². The first-order valence-corrected chi connectivity index (χ1v) is 9.42. The van der Waals surface area contributed by atoms with Gasteiger partial charge in [-0.15, -0.1) is 11.3 Å². The third-order valence-corrected chi connectivity index (χ3v) is 5.03. The highest BCUT2D eigenvalue weighted by Gasteiger charge is 2.10. The van der Waals surface area contributed by atoms with E-state index in [1.807, 2.05) is 29.6 Å². The number of methoxy groups -OCH3 is 1. The van der Waals surface area contributed by atoms with E-state index < -0.39 is 0 Å². The molecule has 3 rings (SSSR count). The van der Waals surface area contributed by atoms with Gasteiger partial charge in [0.25, 0.3) is 0 Å².